The third-order valence-corrected chi connectivity index (χ3v) is 2.95. The molecular weight excluding hydrogens is 222 g/mol. The Morgan fingerprint density at radius 3 is 3.12 bits per heavy atom. The maximum Gasteiger partial charge on any atom is 0.252 e. The molecule has 0 aromatic carbocycles. The molecule has 6 heteroatoms. The van der Waals surface area contributed by atoms with Crippen molar-refractivity contribution in [1.82, 2.24) is 9.97 Å². The summed E-state index contributed by atoms with van der Waals surface area (Å²) in [4.78, 5) is 18.1. The van der Waals surface area contributed by atoms with Crippen LogP contribution < -0.4 is 10.9 Å². The largest absolute Gasteiger partial charge is 0.378 e. The Kier molecular flexibility index (Phi) is 3.44. The number of anilines is 1. The Labute approximate surface area is 99.4 Å². The summed E-state index contributed by atoms with van der Waals surface area (Å²) in [7, 11) is 1.67. The summed E-state index contributed by atoms with van der Waals surface area (Å²) >= 11 is 0. The van der Waals surface area contributed by atoms with Crippen LogP contribution in [0.2, 0.25) is 0 Å². The minimum absolute atomic E-state index is 0.158. The average Bonchev–Trinajstić information content (AvgIpc) is 2.74. The van der Waals surface area contributed by atoms with Crippen LogP contribution in [0, 0.1) is 6.92 Å². The number of H-pyrrole nitrogens is 1. The molecule has 0 bridgehead atoms. The van der Waals surface area contributed by atoms with E-state index in [1.54, 1.807) is 14.0 Å². The van der Waals surface area contributed by atoms with Crippen molar-refractivity contribution in [2.24, 2.45) is 0 Å². The van der Waals surface area contributed by atoms with Gasteiger partial charge in [-0.15, -0.1) is 0 Å². The molecule has 17 heavy (non-hydrogen) atoms. The van der Waals surface area contributed by atoms with E-state index in [-0.39, 0.29) is 11.2 Å². The molecule has 2 N–H and O–H groups in total. The van der Waals surface area contributed by atoms with E-state index in [4.69, 9.17) is 9.47 Å². The van der Waals surface area contributed by atoms with Crippen molar-refractivity contribution in [1.29, 1.82) is 0 Å². The first-order valence-electron chi connectivity index (χ1n) is 5.58. The van der Waals surface area contributed by atoms with Gasteiger partial charge in [0.2, 0.25) is 0 Å². The highest BCUT2D eigenvalue weighted by Gasteiger charge is 2.34. The van der Waals surface area contributed by atoms with Gasteiger partial charge in [-0.25, -0.2) is 4.98 Å². The highest BCUT2D eigenvalue weighted by atomic mass is 16.5. The number of methoxy groups -OCH3 is 1. The van der Waals surface area contributed by atoms with Gasteiger partial charge in [0, 0.05) is 32.7 Å². The van der Waals surface area contributed by atoms with Crippen LogP contribution in [0.1, 0.15) is 12.2 Å². The van der Waals surface area contributed by atoms with Crippen LogP contribution in [0.3, 0.4) is 0 Å². The molecule has 0 radical (unpaired) electrons. The third-order valence-electron chi connectivity index (χ3n) is 2.95. The fraction of sp³-hybridized carbons (Fsp3) is 0.636. The Hall–Kier alpha value is -1.40. The second kappa shape index (κ2) is 4.85. The van der Waals surface area contributed by atoms with Gasteiger partial charge in [-0.3, -0.25) is 4.79 Å². The normalized spacial score (nSPS) is 23.9. The molecule has 6 nitrogen and oxygen atoms in total. The number of hydrogen-bond donors (Lipinski definition) is 2. The number of ether oxygens (including phenoxy) is 2. The van der Waals surface area contributed by atoms with Gasteiger partial charge >= 0.3 is 0 Å². The first kappa shape index (κ1) is 12.1. The van der Waals surface area contributed by atoms with Crippen molar-refractivity contribution in [3.63, 3.8) is 0 Å². The average molecular weight is 239 g/mol. The van der Waals surface area contributed by atoms with Crippen LogP contribution in [0.15, 0.2) is 10.9 Å². The van der Waals surface area contributed by atoms with E-state index in [0.29, 0.717) is 31.4 Å². The van der Waals surface area contributed by atoms with Crippen molar-refractivity contribution in [3.05, 3.63) is 22.2 Å². The summed E-state index contributed by atoms with van der Waals surface area (Å²) in [6.45, 7) is 3.60. The van der Waals surface area contributed by atoms with Gasteiger partial charge in [-0.05, 0) is 6.92 Å². The van der Waals surface area contributed by atoms with E-state index in [1.807, 2.05) is 0 Å². The molecule has 1 aliphatic rings. The first-order valence-corrected chi connectivity index (χ1v) is 5.58. The quantitative estimate of drug-likeness (QED) is 0.790. The van der Waals surface area contributed by atoms with E-state index in [1.165, 1.54) is 6.07 Å². The Morgan fingerprint density at radius 2 is 2.53 bits per heavy atom. The molecule has 0 amide bonds. The Balaban J connectivity index is 2.03. The first-order chi connectivity index (χ1) is 8.13. The molecule has 1 aliphatic heterocycles. The number of hydrogen-bond acceptors (Lipinski definition) is 5. The van der Waals surface area contributed by atoms with Crippen molar-refractivity contribution < 1.29 is 9.47 Å². The molecular formula is C11H17N3O3. The number of aromatic amines is 1. The van der Waals surface area contributed by atoms with Gasteiger partial charge in [-0.1, -0.05) is 0 Å². The van der Waals surface area contributed by atoms with Crippen LogP contribution in [0.5, 0.6) is 0 Å². The lowest BCUT2D eigenvalue weighted by molar-refractivity contribution is -0.00625. The van der Waals surface area contributed by atoms with E-state index in [0.717, 1.165) is 6.42 Å². The lowest BCUT2D eigenvalue weighted by Gasteiger charge is -2.26. The van der Waals surface area contributed by atoms with Crippen LogP contribution in [-0.4, -0.2) is 42.4 Å². The minimum Gasteiger partial charge on any atom is -0.378 e. The predicted molar refractivity (Wildman–Crippen MR) is 63.3 cm³/mol. The minimum atomic E-state index is -0.307. The summed E-state index contributed by atoms with van der Waals surface area (Å²) in [6.07, 6.45) is 0.846. The molecule has 1 unspecified atom stereocenters. The molecule has 94 valence electrons. The zero-order chi connectivity index (χ0) is 12.3. The summed E-state index contributed by atoms with van der Waals surface area (Å²) < 4.78 is 10.8. The number of aromatic nitrogens is 2. The van der Waals surface area contributed by atoms with Crippen molar-refractivity contribution in [2.45, 2.75) is 18.9 Å². The zero-order valence-corrected chi connectivity index (χ0v) is 10.1. The van der Waals surface area contributed by atoms with Crippen LogP contribution in [0.25, 0.3) is 0 Å². The fourth-order valence-corrected chi connectivity index (χ4v) is 1.88. The smallest absolute Gasteiger partial charge is 0.252 e. The maximum atomic E-state index is 11.3. The van der Waals surface area contributed by atoms with Crippen LogP contribution in [0.4, 0.5) is 5.82 Å². The summed E-state index contributed by atoms with van der Waals surface area (Å²) in [5.74, 6) is 1.16. The molecule has 1 fully saturated rings. The lowest BCUT2D eigenvalue weighted by atomic mass is 10.0. The molecule has 1 saturated heterocycles. The summed E-state index contributed by atoms with van der Waals surface area (Å²) in [6, 6.07) is 1.44. The number of nitrogens with zero attached hydrogens (tertiary/aromatic N) is 1. The van der Waals surface area contributed by atoms with E-state index in [9.17, 15) is 4.79 Å². The summed E-state index contributed by atoms with van der Waals surface area (Å²) in [5.41, 5.74) is -0.466. The molecule has 0 spiro atoms. The van der Waals surface area contributed by atoms with Crippen molar-refractivity contribution in [3.8, 4) is 0 Å². The standard InChI is InChI=1S/C11H17N3O3/c1-8-13-9(5-10(15)14-8)12-6-11(16-2)3-4-17-7-11/h5H,3-4,6-7H2,1-2H3,(H2,12,13,14,15). The van der Waals surface area contributed by atoms with Gasteiger partial charge < -0.3 is 19.8 Å². The monoisotopic (exact) mass is 239 g/mol. The molecule has 2 rings (SSSR count). The summed E-state index contributed by atoms with van der Waals surface area (Å²) in [5, 5.41) is 3.12. The molecule has 0 saturated carbocycles. The second-order valence-corrected chi connectivity index (χ2v) is 4.26. The van der Waals surface area contributed by atoms with E-state index < -0.39 is 0 Å². The van der Waals surface area contributed by atoms with Gasteiger partial charge in [0.05, 0.1) is 6.61 Å². The molecule has 2 heterocycles. The van der Waals surface area contributed by atoms with Gasteiger partial charge in [0.25, 0.3) is 5.56 Å². The molecule has 0 aliphatic carbocycles. The van der Waals surface area contributed by atoms with Crippen molar-refractivity contribution >= 4 is 5.82 Å². The Morgan fingerprint density at radius 1 is 1.71 bits per heavy atom. The number of nitrogens with one attached hydrogen (secondary N) is 2. The van der Waals surface area contributed by atoms with E-state index >= 15 is 0 Å². The van der Waals surface area contributed by atoms with Gasteiger partial charge in [0.1, 0.15) is 17.2 Å². The zero-order valence-electron chi connectivity index (χ0n) is 10.1. The van der Waals surface area contributed by atoms with Gasteiger partial charge in [0.15, 0.2) is 0 Å². The maximum absolute atomic E-state index is 11.3. The molecule has 1 aromatic rings. The highest BCUT2D eigenvalue weighted by molar-refractivity contribution is 5.33. The van der Waals surface area contributed by atoms with Gasteiger partial charge in [-0.2, -0.15) is 0 Å². The second-order valence-electron chi connectivity index (χ2n) is 4.26. The highest BCUT2D eigenvalue weighted by Crippen LogP contribution is 2.22. The lowest BCUT2D eigenvalue weighted by Crippen LogP contribution is -2.40. The number of aryl methyl sites for hydroxylation is 1. The predicted octanol–water partition coefficient (Wildman–Crippen LogP) is 0.296. The van der Waals surface area contributed by atoms with Crippen molar-refractivity contribution in [2.75, 3.05) is 32.2 Å². The third kappa shape index (κ3) is 2.83. The fourth-order valence-electron chi connectivity index (χ4n) is 1.88. The number of rotatable bonds is 4. The topological polar surface area (TPSA) is 76.2 Å². The molecule has 1 aromatic heterocycles. The molecule has 1 atom stereocenters. The SMILES string of the molecule is COC1(CNc2cc(=O)[nH]c(C)n2)CCOC1. The van der Waals surface area contributed by atoms with E-state index in [2.05, 4.69) is 15.3 Å². The van der Waals surface area contributed by atoms with Crippen LogP contribution in [-0.2, 0) is 9.47 Å². The Bertz CT molecular complexity index is 438. The van der Waals surface area contributed by atoms with Crippen LogP contribution >= 0.6 is 0 Å².